The summed E-state index contributed by atoms with van der Waals surface area (Å²) in [5, 5.41) is 3.97. The topological polar surface area (TPSA) is 119 Å². The van der Waals surface area contributed by atoms with Crippen molar-refractivity contribution in [2.24, 2.45) is 0 Å². The largest absolute Gasteiger partial charge is 0.481 e. The first kappa shape index (κ1) is 28.3. The minimum Gasteiger partial charge on any atom is -0.481 e. The van der Waals surface area contributed by atoms with Gasteiger partial charge in [-0.1, -0.05) is 6.07 Å². The second-order valence-corrected chi connectivity index (χ2v) is 12.6. The molecule has 226 valence electrons. The van der Waals surface area contributed by atoms with E-state index in [4.69, 9.17) is 14.1 Å². The van der Waals surface area contributed by atoms with E-state index in [-0.39, 0.29) is 16.9 Å². The van der Waals surface area contributed by atoms with E-state index in [0.717, 1.165) is 32.5 Å². The highest BCUT2D eigenvalue weighted by molar-refractivity contribution is 7.92. The summed E-state index contributed by atoms with van der Waals surface area (Å²) in [6.07, 6.45) is 3.05. The Hall–Kier alpha value is -5.49. The number of methoxy groups -OCH3 is 1. The quantitative estimate of drug-likeness (QED) is 0.241. The molecular weight excluding hydrogens is 597 g/mol. The molecule has 0 aliphatic heterocycles. The van der Waals surface area contributed by atoms with Crippen molar-refractivity contribution < 1.29 is 26.8 Å². The molecule has 0 fully saturated rings. The van der Waals surface area contributed by atoms with Gasteiger partial charge in [-0.05, 0) is 54.6 Å². The van der Waals surface area contributed by atoms with Crippen molar-refractivity contribution in [2.75, 3.05) is 31.8 Å². The lowest BCUT2D eigenvalue weighted by molar-refractivity contribution is 0.0964. The second kappa shape index (κ2) is 10.3. The number of rotatable bonds is 6. The molecule has 5 heterocycles. The zero-order chi connectivity index (χ0) is 31.6. The van der Waals surface area contributed by atoms with E-state index in [9.17, 15) is 17.6 Å². The number of hydrogen-bond donors (Lipinski definition) is 1. The third-order valence-electron chi connectivity index (χ3n) is 7.93. The number of carbonyl (C=O) groups is 1. The predicted molar refractivity (Wildman–Crippen MR) is 172 cm³/mol. The molecule has 12 heteroatoms. The highest BCUT2D eigenvalue weighted by Crippen LogP contribution is 2.41. The van der Waals surface area contributed by atoms with Gasteiger partial charge in [0.05, 0.1) is 52.4 Å². The smallest absolute Gasteiger partial charge is 0.255 e. The van der Waals surface area contributed by atoms with E-state index in [1.54, 1.807) is 25.3 Å². The lowest BCUT2D eigenvalue weighted by Gasteiger charge is -2.20. The van der Waals surface area contributed by atoms with Gasteiger partial charge in [0, 0.05) is 54.3 Å². The first-order valence-corrected chi connectivity index (χ1v) is 15.7. The Morgan fingerprint density at radius 3 is 2.49 bits per heavy atom. The lowest BCUT2D eigenvalue weighted by Crippen LogP contribution is -2.25. The van der Waals surface area contributed by atoms with E-state index in [1.807, 2.05) is 40.9 Å². The van der Waals surface area contributed by atoms with Crippen LogP contribution in [0.3, 0.4) is 0 Å². The minimum absolute atomic E-state index is 0.227. The van der Waals surface area contributed by atoms with Crippen LogP contribution in [0, 0.1) is 5.82 Å². The number of amides is 1. The van der Waals surface area contributed by atoms with Crippen LogP contribution >= 0.6 is 0 Å². The summed E-state index contributed by atoms with van der Waals surface area (Å²) in [7, 11) is 0.794. The van der Waals surface area contributed by atoms with E-state index >= 15 is 0 Å². The van der Waals surface area contributed by atoms with Crippen molar-refractivity contribution in [3.05, 3.63) is 90.4 Å². The molecule has 5 aromatic heterocycles. The molecule has 1 N–H and O–H groups in total. The average molecular weight is 624 g/mol. The summed E-state index contributed by atoms with van der Waals surface area (Å²) in [4.78, 5) is 22.9. The second-order valence-electron chi connectivity index (χ2n) is 10.6. The van der Waals surface area contributed by atoms with Crippen LogP contribution in [-0.2, 0) is 10.0 Å². The van der Waals surface area contributed by atoms with Crippen LogP contribution in [0.25, 0.3) is 61.0 Å². The van der Waals surface area contributed by atoms with Crippen molar-refractivity contribution in [1.82, 2.24) is 19.7 Å². The maximum Gasteiger partial charge on any atom is 0.255 e. The summed E-state index contributed by atoms with van der Waals surface area (Å²) in [6.45, 7) is 0. The van der Waals surface area contributed by atoms with E-state index in [1.165, 1.54) is 38.4 Å². The Balaban J connectivity index is 1.52. The number of furan rings is 1. The molecule has 2 aromatic carbocycles. The van der Waals surface area contributed by atoms with Gasteiger partial charge >= 0.3 is 0 Å². The van der Waals surface area contributed by atoms with Gasteiger partial charge in [-0.3, -0.25) is 9.10 Å². The molecule has 0 saturated heterocycles. The monoisotopic (exact) mass is 623 g/mol. The molecule has 10 nitrogen and oxygen atoms in total. The fraction of sp³-hybridized carbons (Fsp3) is 0.121. The molecule has 1 amide bonds. The Morgan fingerprint density at radius 1 is 1.00 bits per heavy atom. The summed E-state index contributed by atoms with van der Waals surface area (Å²) < 4.78 is 54.0. The van der Waals surface area contributed by atoms with Crippen molar-refractivity contribution in [3.8, 4) is 28.5 Å². The molecule has 0 bridgehead atoms. The standard InChI is InChI=1S/C33H26FN5O5S/c1-35-33(40)30-22-15-21(26(38(2)45(4,41)42)17-28(22)44-32(30)19-5-8-20(34)9-6-19)23-10-7-18-13-14-39-25-11-12-29(43-3)36-24(25)16-27(39)31(18)37-23/h5-17H,1-4H3,(H,35,40). The molecule has 0 aliphatic rings. The summed E-state index contributed by atoms with van der Waals surface area (Å²) in [6, 6.07) is 20.2. The van der Waals surface area contributed by atoms with Crippen LogP contribution < -0.4 is 14.4 Å². The number of aromatic nitrogens is 3. The van der Waals surface area contributed by atoms with Crippen molar-refractivity contribution in [3.63, 3.8) is 0 Å². The molecule has 0 unspecified atom stereocenters. The Morgan fingerprint density at radius 2 is 1.78 bits per heavy atom. The molecule has 45 heavy (non-hydrogen) atoms. The number of nitrogens with one attached hydrogen (secondary N) is 1. The van der Waals surface area contributed by atoms with Crippen molar-refractivity contribution >= 4 is 60.0 Å². The Bertz CT molecular complexity index is 2430. The highest BCUT2D eigenvalue weighted by Gasteiger charge is 2.26. The summed E-state index contributed by atoms with van der Waals surface area (Å²) in [5.74, 6) is -0.132. The molecule has 7 rings (SSSR count). The summed E-state index contributed by atoms with van der Waals surface area (Å²) >= 11 is 0. The van der Waals surface area contributed by atoms with Gasteiger partial charge in [0.2, 0.25) is 15.9 Å². The number of carbonyl (C=O) groups excluding carboxylic acids is 1. The predicted octanol–water partition coefficient (Wildman–Crippen LogP) is 6.02. The fourth-order valence-electron chi connectivity index (χ4n) is 5.59. The lowest BCUT2D eigenvalue weighted by atomic mass is 10.0. The van der Waals surface area contributed by atoms with Crippen LogP contribution in [0.2, 0.25) is 0 Å². The van der Waals surface area contributed by atoms with E-state index in [0.29, 0.717) is 39.3 Å². The number of pyridine rings is 3. The maximum atomic E-state index is 13.7. The highest BCUT2D eigenvalue weighted by atomic mass is 32.2. The number of nitrogens with zero attached hydrogens (tertiary/aromatic N) is 4. The Labute approximate surface area is 256 Å². The molecular formula is C33H26FN5O5S. The van der Waals surface area contributed by atoms with Crippen molar-refractivity contribution in [1.29, 1.82) is 0 Å². The van der Waals surface area contributed by atoms with Crippen molar-refractivity contribution in [2.45, 2.75) is 0 Å². The SMILES string of the molecule is CNC(=O)c1c(-c2ccc(F)cc2)oc2cc(N(C)S(C)(=O)=O)c(-c3ccc4ccn5c6ccc(OC)nc6cc5c4n3)cc12. The normalized spacial score (nSPS) is 11.9. The third kappa shape index (κ3) is 4.61. The van der Waals surface area contributed by atoms with E-state index < -0.39 is 21.7 Å². The third-order valence-corrected chi connectivity index (χ3v) is 9.12. The molecule has 0 radical (unpaired) electrons. The number of anilines is 1. The van der Waals surface area contributed by atoms with Gasteiger partial charge in [-0.25, -0.2) is 22.8 Å². The van der Waals surface area contributed by atoms with Crippen LogP contribution in [0.5, 0.6) is 5.88 Å². The van der Waals surface area contributed by atoms with Crippen LogP contribution in [0.15, 0.2) is 83.4 Å². The van der Waals surface area contributed by atoms with Gasteiger partial charge in [0.1, 0.15) is 17.2 Å². The van der Waals surface area contributed by atoms with Crippen LogP contribution in [0.4, 0.5) is 10.1 Å². The van der Waals surface area contributed by atoms with E-state index in [2.05, 4.69) is 10.3 Å². The molecule has 0 spiro atoms. The number of benzene rings is 2. The van der Waals surface area contributed by atoms with Gasteiger partial charge in [-0.2, -0.15) is 0 Å². The molecule has 0 aliphatic carbocycles. The van der Waals surface area contributed by atoms with Gasteiger partial charge in [0.15, 0.2) is 0 Å². The molecule has 7 aromatic rings. The number of hydrogen-bond acceptors (Lipinski definition) is 7. The summed E-state index contributed by atoms with van der Waals surface area (Å²) in [5.41, 5.74) is 5.33. The first-order valence-electron chi connectivity index (χ1n) is 13.9. The van der Waals surface area contributed by atoms with Gasteiger partial charge in [-0.15, -0.1) is 0 Å². The maximum absolute atomic E-state index is 13.7. The number of halogens is 1. The number of ether oxygens (including phenoxy) is 1. The fourth-order valence-corrected chi connectivity index (χ4v) is 6.10. The first-order chi connectivity index (χ1) is 21.6. The minimum atomic E-state index is -3.72. The molecule has 0 atom stereocenters. The average Bonchev–Trinajstić information content (AvgIpc) is 3.61. The van der Waals surface area contributed by atoms with Gasteiger partial charge in [0.25, 0.3) is 5.91 Å². The Kier molecular flexibility index (Phi) is 6.48. The number of sulfonamides is 1. The number of fused-ring (bicyclic) bond motifs is 6. The van der Waals surface area contributed by atoms with Crippen LogP contribution in [0.1, 0.15) is 10.4 Å². The molecule has 0 saturated carbocycles. The van der Waals surface area contributed by atoms with Crippen LogP contribution in [-0.4, -0.2) is 56.2 Å². The van der Waals surface area contributed by atoms with Gasteiger partial charge < -0.3 is 18.9 Å². The zero-order valence-electron chi connectivity index (χ0n) is 24.6. The zero-order valence-corrected chi connectivity index (χ0v) is 25.4.